The van der Waals surface area contributed by atoms with Gasteiger partial charge in [-0.15, -0.1) is 0 Å². The fourth-order valence-electron chi connectivity index (χ4n) is 4.07. The second-order valence-electron chi connectivity index (χ2n) is 12.6. The van der Waals surface area contributed by atoms with E-state index in [4.69, 9.17) is 15.2 Å². The van der Waals surface area contributed by atoms with Crippen LogP contribution in [0.2, 0.25) is 0 Å². The number of nitrogens with zero attached hydrogens (tertiary/aromatic N) is 3. The van der Waals surface area contributed by atoms with Gasteiger partial charge in [0.25, 0.3) is 11.5 Å². The van der Waals surface area contributed by atoms with Crippen molar-refractivity contribution in [3.8, 4) is 0 Å². The normalized spacial score (nSPS) is 12.2. The second-order valence-corrected chi connectivity index (χ2v) is 12.6. The third-order valence-corrected chi connectivity index (χ3v) is 6.12. The van der Waals surface area contributed by atoms with Crippen molar-refractivity contribution in [3.63, 3.8) is 0 Å². The number of nitrogen functional groups attached to an aromatic ring is 1. The number of amides is 2. The van der Waals surface area contributed by atoms with Crippen molar-refractivity contribution in [1.82, 2.24) is 30.6 Å². The number of Topliss-reactive ketones (excluding diaryl/α,β-unsaturated/α-hetero) is 1. The van der Waals surface area contributed by atoms with Crippen molar-refractivity contribution in [2.75, 3.05) is 17.6 Å². The Kier molecular flexibility index (Phi) is 11.8. The van der Waals surface area contributed by atoms with Gasteiger partial charge >= 0.3 is 12.1 Å². The van der Waals surface area contributed by atoms with E-state index in [1.54, 1.807) is 65.8 Å². The van der Waals surface area contributed by atoms with Crippen molar-refractivity contribution < 1.29 is 28.7 Å². The first kappa shape index (κ1) is 35.4. The molecule has 15 heteroatoms. The molecule has 2 heterocycles. The molecular formula is C31H42N8O7. The maximum absolute atomic E-state index is 13.1. The van der Waals surface area contributed by atoms with E-state index in [9.17, 15) is 24.0 Å². The number of H-pyrrole nitrogens is 1. The van der Waals surface area contributed by atoms with E-state index < -0.39 is 40.8 Å². The third kappa shape index (κ3) is 11.8. The largest absolute Gasteiger partial charge is 0.458 e. The number of ketones is 1. The monoisotopic (exact) mass is 638 g/mol. The Morgan fingerprint density at radius 2 is 1.63 bits per heavy atom. The number of alkyl carbamates (subject to hydrolysis) is 1. The predicted octanol–water partition coefficient (Wildman–Crippen LogP) is 3.00. The summed E-state index contributed by atoms with van der Waals surface area (Å²) < 4.78 is 10.7. The molecule has 0 aliphatic heterocycles. The van der Waals surface area contributed by atoms with Gasteiger partial charge < -0.3 is 31.2 Å². The number of carbonyl (C=O) groups is 4. The van der Waals surface area contributed by atoms with E-state index in [-0.39, 0.29) is 55.2 Å². The van der Waals surface area contributed by atoms with Gasteiger partial charge in [-0.2, -0.15) is 4.98 Å². The molecule has 0 aliphatic carbocycles. The van der Waals surface area contributed by atoms with Gasteiger partial charge in [-0.3, -0.25) is 19.4 Å². The number of carbonyl (C=O) groups excluding carboxylic acids is 4. The summed E-state index contributed by atoms with van der Waals surface area (Å²) in [5.41, 5.74) is 5.28. The number of aromatic nitrogens is 4. The van der Waals surface area contributed by atoms with Crippen LogP contribution in [0.15, 0.2) is 35.3 Å². The molecule has 3 rings (SSSR count). The summed E-state index contributed by atoms with van der Waals surface area (Å²) in [6, 6.07) is 5.46. The van der Waals surface area contributed by atoms with E-state index in [1.807, 2.05) is 0 Å². The number of nitrogens with two attached hydrogens (primary N) is 1. The first-order chi connectivity index (χ1) is 21.5. The average molecular weight is 639 g/mol. The van der Waals surface area contributed by atoms with Crippen LogP contribution in [-0.4, -0.2) is 67.5 Å². The summed E-state index contributed by atoms with van der Waals surface area (Å²) in [5.74, 6) is -1.32. The number of nitrogens with one attached hydrogen (secondary N) is 4. The third-order valence-electron chi connectivity index (χ3n) is 6.12. The zero-order valence-electron chi connectivity index (χ0n) is 27.0. The highest BCUT2D eigenvalue weighted by molar-refractivity contribution is 5.97. The van der Waals surface area contributed by atoms with Crippen LogP contribution in [0.25, 0.3) is 11.2 Å². The van der Waals surface area contributed by atoms with Crippen molar-refractivity contribution in [3.05, 3.63) is 52.1 Å². The number of benzene rings is 1. The molecule has 0 fully saturated rings. The van der Waals surface area contributed by atoms with E-state index in [0.717, 1.165) is 0 Å². The Labute approximate surface area is 266 Å². The molecule has 1 atom stereocenters. The maximum atomic E-state index is 13.1. The number of aromatic amines is 1. The molecule has 2 aromatic heterocycles. The van der Waals surface area contributed by atoms with Crippen LogP contribution < -0.4 is 27.2 Å². The van der Waals surface area contributed by atoms with Gasteiger partial charge in [0.05, 0.1) is 18.4 Å². The molecule has 1 aromatic carbocycles. The molecule has 0 radical (unpaired) electrons. The quantitative estimate of drug-likeness (QED) is 0.135. The zero-order chi connectivity index (χ0) is 34.1. The van der Waals surface area contributed by atoms with Gasteiger partial charge in [0, 0.05) is 30.6 Å². The number of ether oxygens (including phenoxy) is 2. The van der Waals surface area contributed by atoms with Crippen molar-refractivity contribution in [2.45, 2.75) is 91.0 Å². The minimum atomic E-state index is -1.05. The van der Waals surface area contributed by atoms with E-state index in [2.05, 4.69) is 35.9 Å². The van der Waals surface area contributed by atoms with Crippen molar-refractivity contribution >= 4 is 46.6 Å². The lowest BCUT2D eigenvalue weighted by Gasteiger charge is -2.24. The average Bonchev–Trinajstić information content (AvgIpc) is 2.94. The molecule has 3 aromatic rings. The standard InChI is InChI=1S/C31H42N8O7/c1-30(2,3)45-27(43)22(14-13-21(40)8-7-15-33-29(44)46-31(4,5)6)37-25(41)18-9-11-19(12-10-18)34-16-20-17-35-24-23(36-20)26(42)39-28(32)38-24/h9-12,17,22,34H,7-8,13-16H2,1-6H3,(H,33,44)(H,37,41)(H3,32,35,38,39,42)/t22-/m0/s1. The van der Waals surface area contributed by atoms with Crippen LogP contribution in [0.4, 0.5) is 16.4 Å². The Morgan fingerprint density at radius 3 is 2.28 bits per heavy atom. The minimum absolute atomic E-state index is 0.0342. The van der Waals surface area contributed by atoms with Crippen LogP contribution >= 0.6 is 0 Å². The number of esters is 1. The van der Waals surface area contributed by atoms with Gasteiger partial charge in [0.15, 0.2) is 11.2 Å². The zero-order valence-corrected chi connectivity index (χ0v) is 27.0. The molecule has 2 amide bonds. The topological polar surface area (TPSA) is 220 Å². The van der Waals surface area contributed by atoms with Crippen molar-refractivity contribution in [1.29, 1.82) is 0 Å². The molecule has 6 N–H and O–H groups in total. The Balaban J connectivity index is 1.55. The van der Waals surface area contributed by atoms with E-state index in [0.29, 0.717) is 23.4 Å². The molecule has 0 spiro atoms. The first-order valence-electron chi connectivity index (χ1n) is 14.9. The summed E-state index contributed by atoms with van der Waals surface area (Å²) in [6.45, 7) is 10.9. The molecule has 0 bridgehead atoms. The van der Waals surface area contributed by atoms with Crippen LogP contribution in [0.3, 0.4) is 0 Å². The number of fused-ring (bicyclic) bond motifs is 1. The molecule has 15 nitrogen and oxygen atoms in total. The first-order valence-corrected chi connectivity index (χ1v) is 14.9. The molecule has 0 unspecified atom stereocenters. The van der Waals surface area contributed by atoms with Crippen LogP contribution in [-0.2, 0) is 25.6 Å². The summed E-state index contributed by atoms with van der Waals surface area (Å²) in [5, 5.41) is 8.44. The lowest BCUT2D eigenvalue weighted by Crippen LogP contribution is -2.44. The highest BCUT2D eigenvalue weighted by Gasteiger charge is 2.27. The summed E-state index contributed by atoms with van der Waals surface area (Å²) in [7, 11) is 0. The van der Waals surface area contributed by atoms with Crippen molar-refractivity contribution in [2.24, 2.45) is 0 Å². The van der Waals surface area contributed by atoms with Gasteiger partial charge in [-0.1, -0.05) is 0 Å². The summed E-state index contributed by atoms with van der Waals surface area (Å²) in [6.07, 6.45) is 1.60. The second kappa shape index (κ2) is 15.3. The van der Waals surface area contributed by atoms with Gasteiger partial charge in [-0.05, 0) is 78.6 Å². The maximum Gasteiger partial charge on any atom is 0.407 e. The molecule has 46 heavy (non-hydrogen) atoms. The number of hydrogen-bond acceptors (Lipinski definition) is 12. The molecule has 0 aliphatic rings. The predicted molar refractivity (Wildman–Crippen MR) is 171 cm³/mol. The Bertz CT molecular complexity index is 1610. The smallest absolute Gasteiger partial charge is 0.407 e. The Morgan fingerprint density at radius 1 is 0.957 bits per heavy atom. The minimum Gasteiger partial charge on any atom is -0.458 e. The molecule has 0 saturated heterocycles. The SMILES string of the molecule is CC(C)(C)OC(=O)NCCCC(=O)CC[C@H](NC(=O)c1ccc(NCc2cnc3nc(N)[nH]c(=O)c3n2)cc1)C(=O)OC(C)(C)C. The number of hydrogen-bond donors (Lipinski definition) is 5. The molecular weight excluding hydrogens is 596 g/mol. The number of anilines is 2. The molecule has 0 saturated carbocycles. The lowest BCUT2D eigenvalue weighted by molar-refractivity contribution is -0.157. The van der Waals surface area contributed by atoms with Gasteiger partial charge in [-0.25, -0.2) is 19.6 Å². The van der Waals surface area contributed by atoms with Crippen LogP contribution in [0, 0.1) is 0 Å². The van der Waals surface area contributed by atoms with Gasteiger partial charge in [0.1, 0.15) is 23.0 Å². The van der Waals surface area contributed by atoms with E-state index >= 15 is 0 Å². The molecule has 248 valence electrons. The van der Waals surface area contributed by atoms with E-state index in [1.165, 1.54) is 6.20 Å². The van der Waals surface area contributed by atoms with Crippen LogP contribution in [0.5, 0.6) is 0 Å². The summed E-state index contributed by atoms with van der Waals surface area (Å²) >= 11 is 0. The highest BCUT2D eigenvalue weighted by atomic mass is 16.6. The highest BCUT2D eigenvalue weighted by Crippen LogP contribution is 2.15. The van der Waals surface area contributed by atoms with Crippen LogP contribution in [0.1, 0.15) is 83.3 Å². The van der Waals surface area contributed by atoms with Gasteiger partial charge in [0.2, 0.25) is 5.95 Å². The fraction of sp³-hybridized carbons (Fsp3) is 0.484. The fourth-order valence-corrected chi connectivity index (χ4v) is 4.07. The number of rotatable bonds is 13. The Hall–Kier alpha value is -5.08. The lowest BCUT2D eigenvalue weighted by atomic mass is 10.0. The summed E-state index contributed by atoms with van der Waals surface area (Å²) in [4.78, 5) is 77.1.